The molecule has 0 aliphatic heterocycles. The van der Waals surface area contributed by atoms with Crippen LogP contribution in [-0.2, 0) is 0 Å². The second kappa shape index (κ2) is 5.03. The Labute approximate surface area is 119 Å². The van der Waals surface area contributed by atoms with Gasteiger partial charge in [0.2, 0.25) is 0 Å². The van der Waals surface area contributed by atoms with Crippen molar-refractivity contribution in [3.63, 3.8) is 0 Å². The summed E-state index contributed by atoms with van der Waals surface area (Å²) in [5.74, 6) is 1.86. The van der Waals surface area contributed by atoms with Gasteiger partial charge in [-0.2, -0.15) is 0 Å². The molecule has 1 N–H and O–H groups in total. The van der Waals surface area contributed by atoms with Gasteiger partial charge >= 0.3 is 0 Å². The molecule has 0 saturated heterocycles. The van der Waals surface area contributed by atoms with Crippen molar-refractivity contribution in [1.82, 2.24) is 5.32 Å². The Bertz CT molecular complexity index is 446. The quantitative estimate of drug-likeness (QED) is 0.838. The maximum atomic E-state index is 6.26. The zero-order valence-corrected chi connectivity index (χ0v) is 12.1. The highest BCUT2D eigenvalue weighted by Gasteiger charge is 2.39. The fraction of sp³-hybridized carbons (Fsp3) is 0.600. The van der Waals surface area contributed by atoms with E-state index in [0.717, 1.165) is 22.4 Å². The van der Waals surface area contributed by atoms with Crippen molar-refractivity contribution in [3.8, 4) is 0 Å². The van der Waals surface area contributed by atoms with E-state index in [1.807, 2.05) is 18.2 Å². The summed E-state index contributed by atoms with van der Waals surface area (Å²) >= 11 is 12.2. The van der Waals surface area contributed by atoms with Crippen molar-refractivity contribution in [2.45, 2.75) is 44.7 Å². The number of halogens is 2. The molecule has 0 radical (unpaired) electrons. The summed E-state index contributed by atoms with van der Waals surface area (Å²) in [4.78, 5) is 0. The Morgan fingerprint density at radius 1 is 1.22 bits per heavy atom. The molecule has 98 valence electrons. The molecule has 1 aromatic carbocycles. The Hall–Kier alpha value is -0.240. The van der Waals surface area contributed by atoms with Gasteiger partial charge in [-0.1, -0.05) is 35.7 Å². The van der Waals surface area contributed by atoms with Crippen molar-refractivity contribution in [2.24, 2.45) is 11.8 Å². The number of fused-ring (bicyclic) bond motifs is 2. The monoisotopic (exact) mass is 283 g/mol. The number of hydrogen-bond donors (Lipinski definition) is 1. The largest absolute Gasteiger partial charge is 0.307 e. The Morgan fingerprint density at radius 3 is 2.67 bits per heavy atom. The summed E-state index contributed by atoms with van der Waals surface area (Å²) in [6.07, 6.45) is 5.63. The Balaban J connectivity index is 1.69. The van der Waals surface area contributed by atoms with E-state index in [1.165, 1.54) is 25.7 Å². The van der Waals surface area contributed by atoms with Gasteiger partial charge in [0.15, 0.2) is 0 Å². The summed E-state index contributed by atoms with van der Waals surface area (Å²) in [6.45, 7) is 2.20. The zero-order chi connectivity index (χ0) is 12.7. The molecule has 1 nitrogen and oxygen atoms in total. The maximum absolute atomic E-state index is 6.26. The molecule has 1 aromatic rings. The summed E-state index contributed by atoms with van der Waals surface area (Å²) in [7, 11) is 0. The van der Waals surface area contributed by atoms with Crippen LogP contribution in [0.4, 0.5) is 0 Å². The first-order valence-corrected chi connectivity index (χ1v) is 7.60. The lowest BCUT2D eigenvalue weighted by Gasteiger charge is -2.27. The fourth-order valence-corrected chi connectivity index (χ4v) is 4.28. The van der Waals surface area contributed by atoms with Gasteiger partial charge in [0.25, 0.3) is 0 Å². The van der Waals surface area contributed by atoms with E-state index in [2.05, 4.69) is 12.2 Å². The van der Waals surface area contributed by atoms with Gasteiger partial charge < -0.3 is 5.32 Å². The molecule has 2 bridgehead atoms. The van der Waals surface area contributed by atoms with E-state index in [1.54, 1.807) is 0 Å². The van der Waals surface area contributed by atoms with Crippen LogP contribution in [0.1, 0.15) is 44.2 Å². The highest BCUT2D eigenvalue weighted by atomic mass is 35.5. The van der Waals surface area contributed by atoms with Crippen LogP contribution in [0.15, 0.2) is 18.2 Å². The van der Waals surface area contributed by atoms with Crippen LogP contribution in [-0.4, -0.2) is 6.04 Å². The molecule has 4 atom stereocenters. The Morgan fingerprint density at radius 2 is 2.06 bits per heavy atom. The van der Waals surface area contributed by atoms with Crippen LogP contribution in [0.25, 0.3) is 0 Å². The highest BCUT2D eigenvalue weighted by Crippen LogP contribution is 2.45. The van der Waals surface area contributed by atoms with E-state index in [-0.39, 0.29) is 0 Å². The smallest absolute Gasteiger partial charge is 0.0468 e. The van der Waals surface area contributed by atoms with Crippen molar-refractivity contribution in [3.05, 3.63) is 33.8 Å². The molecule has 2 aliphatic rings. The topological polar surface area (TPSA) is 12.0 Å². The van der Waals surface area contributed by atoms with Crippen LogP contribution < -0.4 is 5.32 Å². The molecule has 18 heavy (non-hydrogen) atoms. The highest BCUT2D eigenvalue weighted by molar-refractivity contribution is 6.35. The first-order chi connectivity index (χ1) is 8.63. The van der Waals surface area contributed by atoms with Gasteiger partial charge in [0.1, 0.15) is 0 Å². The van der Waals surface area contributed by atoms with Crippen LogP contribution in [0.5, 0.6) is 0 Å². The van der Waals surface area contributed by atoms with Gasteiger partial charge in [-0.15, -0.1) is 0 Å². The molecule has 3 rings (SSSR count). The normalized spacial score (nSPS) is 31.8. The molecule has 0 amide bonds. The first kappa shape index (κ1) is 12.8. The minimum absolute atomic E-state index is 0.305. The van der Waals surface area contributed by atoms with Crippen molar-refractivity contribution in [1.29, 1.82) is 0 Å². The van der Waals surface area contributed by atoms with E-state index in [9.17, 15) is 0 Å². The number of rotatable bonds is 3. The lowest BCUT2D eigenvalue weighted by Crippen LogP contribution is -2.35. The molecule has 0 aromatic heterocycles. The second-order valence-corrected chi connectivity index (χ2v) is 6.68. The van der Waals surface area contributed by atoms with E-state index in [4.69, 9.17) is 23.2 Å². The number of benzene rings is 1. The Kier molecular flexibility index (Phi) is 3.57. The van der Waals surface area contributed by atoms with Gasteiger partial charge in [-0.3, -0.25) is 0 Å². The van der Waals surface area contributed by atoms with Gasteiger partial charge in [0, 0.05) is 22.1 Å². The molecule has 0 spiro atoms. The van der Waals surface area contributed by atoms with Gasteiger partial charge in [0.05, 0.1) is 0 Å². The zero-order valence-electron chi connectivity index (χ0n) is 10.6. The number of hydrogen-bond acceptors (Lipinski definition) is 1. The van der Waals surface area contributed by atoms with E-state index in [0.29, 0.717) is 17.1 Å². The summed E-state index contributed by atoms with van der Waals surface area (Å²) in [6, 6.07) is 6.78. The minimum atomic E-state index is 0.305. The molecular formula is C15H19Cl2N. The molecule has 2 saturated carbocycles. The number of nitrogens with one attached hydrogen (secondary N) is 1. The van der Waals surface area contributed by atoms with E-state index >= 15 is 0 Å². The van der Waals surface area contributed by atoms with Crippen LogP contribution in [0.2, 0.25) is 10.0 Å². The molecule has 4 unspecified atom stereocenters. The average Bonchev–Trinajstić information content (AvgIpc) is 2.90. The predicted octanol–water partition coefficient (Wildman–Crippen LogP) is 4.83. The fourth-order valence-electron chi connectivity index (χ4n) is 3.71. The molecule has 0 heterocycles. The van der Waals surface area contributed by atoms with Gasteiger partial charge in [-0.05, 0) is 55.7 Å². The molecule has 2 fully saturated rings. The summed E-state index contributed by atoms with van der Waals surface area (Å²) < 4.78 is 0. The lowest BCUT2D eigenvalue weighted by molar-refractivity contribution is 0.327. The van der Waals surface area contributed by atoms with Crippen molar-refractivity contribution in [2.75, 3.05) is 0 Å². The van der Waals surface area contributed by atoms with Crippen molar-refractivity contribution < 1.29 is 0 Å². The van der Waals surface area contributed by atoms with E-state index < -0.39 is 0 Å². The molecular weight excluding hydrogens is 265 g/mol. The van der Waals surface area contributed by atoms with Crippen LogP contribution >= 0.6 is 23.2 Å². The summed E-state index contributed by atoms with van der Waals surface area (Å²) in [5, 5.41) is 5.23. The van der Waals surface area contributed by atoms with Crippen LogP contribution in [0.3, 0.4) is 0 Å². The third kappa shape index (κ3) is 2.41. The first-order valence-electron chi connectivity index (χ1n) is 6.84. The standard InChI is InChI=1S/C15H19Cl2N/c1-9(13-5-4-12(16)8-14(13)17)18-15-7-10-2-3-11(15)6-10/h4-5,8-11,15,18H,2-3,6-7H2,1H3. The lowest BCUT2D eigenvalue weighted by atomic mass is 9.94. The molecule has 3 heteroatoms. The van der Waals surface area contributed by atoms with Crippen LogP contribution in [0, 0.1) is 11.8 Å². The maximum Gasteiger partial charge on any atom is 0.0468 e. The molecule has 2 aliphatic carbocycles. The predicted molar refractivity (Wildman–Crippen MR) is 77.2 cm³/mol. The second-order valence-electron chi connectivity index (χ2n) is 5.84. The third-order valence-corrected chi connectivity index (χ3v) is 5.19. The summed E-state index contributed by atoms with van der Waals surface area (Å²) in [5.41, 5.74) is 1.16. The third-order valence-electron chi connectivity index (χ3n) is 4.63. The van der Waals surface area contributed by atoms with Crippen molar-refractivity contribution >= 4 is 23.2 Å². The van der Waals surface area contributed by atoms with Gasteiger partial charge in [-0.25, -0.2) is 0 Å². The SMILES string of the molecule is CC(NC1CC2CCC1C2)c1ccc(Cl)cc1Cl. The minimum Gasteiger partial charge on any atom is -0.307 e. The average molecular weight is 284 g/mol.